The van der Waals surface area contributed by atoms with Crippen LogP contribution in [0.4, 0.5) is 14.5 Å². The van der Waals surface area contributed by atoms with Gasteiger partial charge in [0.2, 0.25) is 0 Å². The van der Waals surface area contributed by atoms with Gasteiger partial charge in [-0.3, -0.25) is 0 Å². The zero-order valence-electron chi connectivity index (χ0n) is 10.4. The van der Waals surface area contributed by atoms with Gasteiger partial charge in [0.15, 0.2) is 11.6 Å². The Morgan fingerprint density at radius 1 is 1.39 bits per heavy atom. The first-order valence-corrected chi connectivity index (χ1v) is 6.29. The quantitative estimate of drug-likeness (QED) is 0.821. The molecule has 1 aromatic carbocycles. The van der Waals surface area contributed by atoms with E-state index in [0.29, 0.717) is 19.0 Å². The number of benzene rings is 1. The third kappa shape index (κ3) is 2.45. The van der Waals surface area contributed by atoms with Crippen molar-refractivity contribution >= 4 is 5.69 Å². The summed E-state index contributed by atoms with van der Waals surface area (Å²) in [5.41, 5.74) is 0.0469. The van der Waals surface area contributed by atoms with Gasteiger partial charge in [-0.05, 0) is 30.9 Å². The van der Waals surface area contributed by atoms with Gasteiger partial charge in [0, 0.05) is 13.1 Å². The van der Waals surface area contributed by atoms with Gasteiger partial charge in [-0.1, -0.05) is 13.3 Å². The molecule has 4 heteroatoms. The van der Waals surface area contributed by atoms with Crippen LogP contribution in [-0.2, 0) is 0 Å². The zero-order chi connectivity index (χ0) is 13.1. The lowest BCUT2D eigenvalue weighted by atomic mass is 10.0. The molecule has 0 amide bonds. The van der Waals surface area contributed by atoms with E-state index in [1.54, 1.807) is 11.0 Å². The van der Waals surface area contributed by atoms with Crippen LogP contribution in [0.2, 0.25) is 0 Å². The van der Waals surface area contributed by atoms with Crippen molar-refractivity contribution in [2.45, 2.75) is 26.2 Å². The van der Waals surface area contributed by atoms with Crippen LogP contribution in [0.1, 0.15) is 31.7 Å². The topological polar surface area (TPSA) is 27.0 Å². The first kappa shape index (κ1) is 12.8. The Morgan fingerprint density at radius 2 is 2.06 bits per heavy atom. The molecule has 1 aliphatic rings. The zero-order valence-corrected chi connectivity index (χ0v) is 10.4. The number of nitrogens with zero attached hydrogens (tertiary/aromatic N) is 2. The van der Waals surface area contributed by atoms with E-state index < -0.39 is 11.6 Å². The average molecular weight is 250 g/mol. The van der Waals surface area contributed by atoms with E-state index in [4.69, 9.17) is 5.26 Å². The lowest BCUT2D eigenvalue weighted by Gasteiger charge is -2.20. The van der Waals surface area contributed by atoms with Crippen molar-refractivity contribution in [3.8, 4) is 6.07 Å². The van der Waals surface area contributed by atoms with Crippen LogP contribution >= 0.6 is 0 Å². The molecule has 1 unspecified atom stereocenters. The monoisotopic (exact) mass is 250 g/mol. The van der Waals surface area contributed by atoms with Gasteiger partial charge in [-0.15, -0.1) is 0 Å². The van der Waals surface area contributed by atoms with Gasteiger partial charge in [0.05, 0.1) is 11.6 Å². The standard InChI is InChI=1S/C14H16F2N2/c1-2-3-10-4-5-18(9-10)14-12(15)6-11(8-17)7-13(14)16/h6-7,10H,2-5,9H2,1H3. The molecule has 0 aliphatic carbocycles. The lowest BCUT2D eigenvalue weighted by Crippen LogP contribution is -2.22. The highest BCUT2D eigenvalue weighted by atomic mass is 19.1. The van der Waals surface area contributed by atoms with Gasteiger partial charge in [-0.25, -0.2) is 8.78 Å². The Balaban J connectivity index is 2.22. The van der Waals surface area contributed by atoms with Crippen LogP contribution in [0.3, 0.4) is 0 Å². The molecule has 1 heterocycles. The fourth-order valence-corrected chi connectivity index (χ4v) is 2.61. The molecule has 0 bridgehead atoms. The molecule has 96 valence electrons. The van der Waals surface area contributed by atoms with Crippen LogP contribution in [0.15, 0.2) is 12.1 Å². The van der Waals surface area contributed by atoms with E-state index in [0.717, 1.165) is 31.4 Å². The van der Waals surface area contributed by atoms with Crippen molar-refractivity contribution in [3.63, 3.8) is 0 Å². The van der Waals surface area contributed by atoms with Crippen LogP contribution < -0.4 is 4.90 Å². The average Bonchev–Trinajstić information content (AvgIpc) is 2.77. The van der Waals surface area contributed by atoms with Gasteiger partial charge in [0.1, 0.15) is 5.69 Å². The van der Waals surface area contributed by atoms with E-state index in [9.17, 15) is 8.78 Å². The first-order chi connectivity index (χ1) is 8.65. The van der Waals surface area contributed by atoms with Gasteiger partial charge < -0.3 is 4.90 Å². The molecule has 0 radical (unpaired) electrons. The summed E-state index contributed by atoms with van der Waals surface area (Å²) >= 11 is 0. The molecule has 1 atom stereocenters. The summed E-state index contributed by atoms with van der Waals surface area (Å²) in [5.74, 6) is -0.753. The van der Waals surface area contributed by atoms with E-state index in [1.165, 1.54) is 0 Å². The summed E-state index contributed by atoms with van der Waals surface area (Å²) in [4.78, 5) is 1.76. The van der Waals surface area contributed by atoms with Gasteiger partial charge >= 0.3 is 0 Å². The van der Waals surface area contributed by atoms with Crippen LogP contribution in [0.25, 0.3) is 0 Å². The molecule has 0 N–H and O–H groups in total. The van der Waals surface area contributed by atoms with Crippen molar-refractivity contribution in [1.29, 1.82) is 5.26 Å². The second-order valence-electron chi connectivity index (χ2n) is 4.79. The second-order valence-corrected chi connectivity index (χ2v) is 4.79. The number of halogens is 2. The summed E-state index contributed by atoms with van der Waals surface area (Å²) in [6.07, 6.45) is 3.17. The SMILES string of the molecule is CCCC1CCN(c2c(F)cc(C#N)cc2F)C1. The Hall–Kier alpha value is -1.63. The maximum atomic E-state index is 13.8. The summed E-state index contributed by atoms with van der Waals surface area (Å²) in [5, 5.41) is 8.66. The maximum Gasteiger partial charge on any atom is 0.150 e. The molecule has 0 spiro atoms. The fourth-order valence-electron chi connectivity index (χ4n) is 2.61. The maximum absolute atomic E-state index is 13.8. The Morgan fingerprint density at radius 3 is 2.61 bits per heavy atom. The Bertz CT molecular complexity index is 456. The largest absolute Gasteiger partial charge is 0.367 e. The van der Waals surface area contributed by atoms with Crippen molar-refractivity contribution in [2.75, 3.05) is 18.0 Å². The number of rotatable bonds is 3. The molecule has 1 aliphatic heterocycles. The number of hydrogen-bond donors (Lipinski definition) is 0. The smallest absolute Gasteiger partial charge is 0.150 e. The molecule has 0 aromatic heterocycles. The van der Waals surface area contributed by atoms with Crippen molar-refractivity contribution < 1.29 is 8.78 Å². The number of nitriles is 1. The van der Waals surface area contributed by atoms with Crippen LogP contribution in [-0.4, -0.2) is 13.1 Å². The second kappa shape index (κ2) is 5.34. The molecule has 1 aromatic rings. The molecular weight excluding hydrogens is 234 g/mol. The molecular formula is C14H16F2N2. The highest BCUT2D eigenvalue weighted by molar-refractivity contribution is 5.53. The fraction of sp³-hybridized carbons (Fsp3) is 0.500. The first-order valence-electron chi connectivity index (χ1n) is 6.29. The number of anilines is 1. The third-order valence-corrected chi connectivity index (χ3v) is 3.44. The van der Waals surface area contributed by atoms with E-state index >= 15 is 0 Å². The Labute approximate surface area is 106 Å². The van der Waals surface area contributed by atoms with Crippen LogP contribution in [0, 0.1) is 28.9 Å². The summed E-state index contributed by atoms with van der Waals surface area (Å²) < 4.78 is 27.7. The highest BCUT2D eigenvalue weighted by Crippen LogP contribution is 2.31. The van der Waals surface area contributed by atoms with Gasteiger partial charge in [-0.2, -0.15) is 5.26 Å². The molecule has 1 saturated heterocycles. The minimum atomic E-state index is -0.635. The summed E-state index contributed by atoms with van der Waals surface area (Å²) in [6, 6.07) is 3.96. The van der Waals surface area contributed by atoms with Crippen molar-refractivity contribution in [2.24, 2.45) is 5.92 Å². The minimum absolute atomic E-state index is 0.0209. The van der Waals surface area contributed by atoms with Crippen molar-refractivity contribution in [1.82, 2.24) is 0 Å². The van der Waals surface area contributed by atoms with Crippen LogP contribution in [0.5, 0.6) is 0 Å². The number of hydrogen-bond acceptors (Lipinski definition) is 2. The van der Waals surface area contributed by atoms with E-state index in [-0.39, 0.29) is 11.3 Å². The van der Waals surface area contributed by atoms with Gasteiger partial charge in [0.25, 0.3) is 0 Å². The predicted octanol–water partition coefficient (Wildman–Crippen LogP) is 3.46. The molecule has 0 saturated carbocycles. The highest BCUT2D eigenvalue weighted by Gasteiger charge is 2.26. The third-order valence-electron chi connectivity index (χ3n) is 3.44. The van der Waals surface area contributed by atoms with E-state index in [2.05, 4.69) is 6.92 Å². The normalized spacial score (nSPS) is 19.0. The predicted molar refractivity (Wildman–Crippen MR) is 66.3 cm³/mol. The lowest BCUT2D eigenvalue weighted by molar-refractivity contribution is 0.526. The van der Waals surface area contributed by atoms with E-state index in [1.807, 2.05) is 0 Å². The molecule has 2 rings (SSSR count). The Kier molecular flexibility index (Phi) is 3.81. The van der Waals surface area contributed by atoms with Crippen molar-refractivity contribution in [3.05, 3.63) is 29.3 Å². The molecule has 18 heavy (non-hydrogen) atoms. The minimum Gasteiger partial charge on any atom is -0.367 e. The molecule has 1 fully saturated rings. The summed E-state index contributed by atoms with van der Waals surface area (Å²) in [6.45, 7) is 3.50. The summed E-state index contributed by atoms with van der Waals surface area (Å²) in [7, 11) is 0. The molecule has 2 nitrogen and oxygen atoms in total.